The summed E-state index contributed by atoms with van der Waals surface area (Å²) in [4.78, 5) is 21.4. The standard InChI is InChI=1S/C21H25N3O3/c1-4-24(21(25)27-11-10-26-3)17-9-8-16-6-5-7-18(19(16)12-17)15(2)20-13-22-14-23-20/h5-9,12-15H,4,10-11H2,1-3H3,(H,22,23). The topological polar surface area (TPSA) is 67.5 Å². The summed E-state index contributed by atoms with van der Waals surface area (Å²) in [5.41, 5.74) is 3.05. The Hall–Kier alpha value is -2.86. The maximum atomic E-state index is 12.4. The van der Waals surface area contributed by atoms with Gasteiger partial charge in [0.1, 0.15) is 6.61 Å². The van der Waals surface area contributed by atoms with Crippen LogP contribution in [0.15, 0.2) is 48.9 Å². The minimum Gasteiger partial charge on any atom is -0.447 e. The molecule has 0 fully saturated rings. The van der Waals surface area contributed by atoms with E-state index in [4.69, 9.17) is 9.47 Å². The number of methoxy groups -OCH3 is 1. The van der Waals surface area contributed by atoms with Gasteiger partial charge in [-0.3, -0.25) is 4.90 Å². The van der Waals surface area contributed by atoms with E-state index in [0.717, 1.165) is 22.2 Å². The molecular weight excluding hydrogens is 342 g/mol. The molecule has 27 heavy (non-hydrogen) atoms. The zero-order valence-electron chi connectivity index (χ0n) is 15.9. The molecule has 6 heteroatoms. The number of benzene rings is 2. The SMILES string of the molecule is CCN(C(=O)OCCOC)c1ccc2cccc(C(C)c3cnc[nH]3)c2c1. The smallest absolute Gasteiger partial charge is 0.414 e. The van der Waals surface area contributed by atoms with Gasteiger partial charge in [-0.05, 0) is 35.4 Å². The van der Waals surface area contributed by atoms with E-state index in [1.54, 1.807) is 18.3 Å². The van der Waals surface area contributed by atoms with Gasteiger partial charge in [-0.2, -0.15) is 0 Å². The molecule has 1 heterocycles. The fraction of sp³-hybridized carbons (Fsp3) is 0.333. The highest BCUT2D eigenvalue weighted by molar-refractivity contribution is 5.94. The van der Waals surface area contributed by atoms with Crippen LogP contribution in [-0.4, -0.2) is 42.9 Å². The highest BCUT2D eigenvalue weighted by Gasteiger charge is 2.18. The first-order valence-electron chi connectivity index (χ1n) is 9.09. The molecule has 1 amide bonds. The number of aromatic amines is 1. The van der Waals surface area contributed by atoms with Gasteiger partial charge in [0.2, 0.25) is 0 Å². The fourth-order valence-corrected chi connectivity index (χ4v) is 3.21. The lowest BCUT2D eigenvalue weighted by Gasteiger charge is -2.22. The van der Waals surface area contributed by atoms with Gasteiger partial charge in [0.15, 0.2) is 0 Å². The van der Waals surface area contributed by atoms with Gasteiger partial charge < -0.3 is 14.5 Å². The third kappa shape index (κ3) is 4.11. The number of aromatic nitrogens is 2. The summed E-state index contributed by atoms with van der Waals surface area (Å²) in [6.07, 6.45) is 3.17. The van der Waals surface area contributed by atoms with E-state index in [2.05, 4.69) is 41.2 Å². The zero-order chi connectivity index (χ0) is 19.2. The number of amides is 1. The number of nitrogens with one attached hydrogen (secondary N) is 1. The lowest BCUT2D eigenvalue weighted by atomic mass is 9.92. The lowest BCUT2D eigenvalue weighted by Crippen LogP contribution is -2.32. The number of H-pyrrole nitrogens is 1. The second kappa shape index (κ2) is 8.68. The van der Waals surface area contributed by atoms with E-state index in [-0.39, 0.29) is 18.6 Å². The number of carbonyl (C=O) groups excluding carboxylic acids is 1. The number of fused-ring (bicyclic) bond motifs is 1. The van der Waals surface area contributed by atoms with E-state index >= 15 is 0 Å². The Morgan fingerprint density at radius 2 is 2.11 bits per heavy atom. The van der Waals surface area contributed by atoms with Crippen molar-refractivity contribution in [1.29, 1.82) is 0 Å². The number of rotatable bonds is 7. The molecule has 0 spiro atoms. The number of anilines is 1. The van der Waals surface area contributed by atoms with Crippen molar-refractivity contribution in [2.24, 2.45) is 0 Å². The monoisotopic (exact) mass is 367 g/mol. The minimum atomic E-state index is -0.368. The Bertz CT molecular complexity index is 893. The van der Waals surface area contributed by atoms with Crippen LogP contribution in [0.3, 0.4) is 0 Å². The summed E-state index contributed by atoms with van der Waals surface area (Å²) < 4.78 is 10.2. The average Bonchev–Trinajstić information content (AvgIpc) is 3.22. The van der Waals surface area contributed by atoms with Crippen LogP contribution < -0.4 is 4.90 Å². The van der Waals surface area contributed by atoms with Crippen molar-refractivity contribution < 1.29 is 14.3 Å². The third-order valence-corrected chi connectivity index (χ3v) is 4.71. The van der Waals surface area contributed by atoms with Gasteiger partial charge in [-0.15, -0.1) is 0 Å². The number of nitrogens with zero attached hydrogens (tertiary/aromatic N) is 2. The first-order valence-corrected chi connectivity index (χ1v) is 9.09. The molecule has 0 bridgehead atoms. The predicted molar refractivity (Wildman–Crippen MR) is 106 cm³/mol. The molecule has 0 radical (unpaired) electrons. The number of carbonyl (C=O) groups is 1. The minimum absolute atomic E-state index is 0.162. The van der Waals surface area contributed by atoms with Crippen LogP contribution >= 0.6 is 0 Å². The summed E-state index contributed by atoms with van der Waals surface area (Å²) in [7, 11) is 1.58. The molecule has 142 valence electrons. The van der Waals surface area contributed by atoms with Crippen molar-refractivity contribution in [3.05, 3.63) is 60.2 Å². The van der Waals surface area contributed by atoms with Crippen molar-refractivity contribution in [2.75, 3.05) is 31.8 Å². The van der Waals surface area contributed by atoms with Crippen molar-refractivity contribution in [1.82, 2.24) is 9.97 Å². The van der Waals surface area contributed by atoms with Crippen molar-refractivity contribution in [3.63, 3.8) is 0 Å². The Balaban J connectivity index is 1.95. The van der Waals surface area contributed by atoms with Gasteiger partial charge in [-0.1, -0.05) is 31.2 Å². The van der Waals surface area contributed by atoms with Crippen molar-refractivity contribution >= 4 is 22.6 Å². The summed E-state index contributed by atoms with van der Waals surface area (Å²) >= 11 is 0. The van der Waals surface area contributed by atoms with Crippen molar-refractivity contribution in [3.8, 4) is 0 Å². The van der Waals surface area contributed by atoms with Gasteiger partial charge in [0, 0.05) is 37.2 Å². The van der Waals surface area contributed by atoms with Gasteiger partial charge >= 0.3 is 6.09 Å². The summed E-state index contributed by atoms with van der Waals surface area (Å²) in [5, 5.41) is 2.24. The molecule has 1 N–H and O–H groups in total. The van der Waals surface area contributed by atoms with Crippen LogP contribution in [-0.2, 0) is 9.47 Å². The summed E-state index contributed by atoms with van der Waals surface area (Å²) in [6, 6.07) is 12.3. The van der Waals surface area contributed by atoms with Crippen LogP contribution in [0, 0.1) is 0 Å². The second-order valence-electron chi connectivity index (χ2n) is 6.33. The van der Waals surface area contributed by atoms with Crippen molar-refractivity contribution in [2.45, 2.75) is 19.8 Å². The highest BCUT2D eigenvalue weighted by Crippen LogP contribution is 2.32. The van der Waals surface area contributed by atoms with Crippen LogP contribution in [0.5, 0.6) is 0 Å². The van der Waals surface area contributed by atoms with Crippen LogP contribution in [0.2, 0.25) is 0 Å². The molecule has 3 aromatic rings. The number of hydrogen-bond donors (Lipinski definition) is 1. The Morgan fingerprint density at radius 3 is 2.81 bits per heavy atom. The van der Waals surface area contributed by atoms with E-state index in [1.807, 2.05) is 25.3 Å². The molecule has 1 atom stereocenters. The summed E-state index contributed by atoms with van der Waals surface area (Å²) in [6.45, 7) is 5.22. The molecule has 1 unspecified atom stereocenters. The first kappa shape index (κ1) is 18.9. The molecule has 0 saturated carbocycles. The predicted octanol–water partition coefficient (Wildman–Crippen LogP) is 4.32. The van der Waals surface area contributed by atoms with Crippen LogP contribution in [0.4, 0.5) is 10.5 Å². The zero-order valence-corrected chi connectivity index (χ0v) is 15.9. The third-order valence-electron chi connectivity index (χ3n) is 4.71. The molecule has 0 saturated heterocycles. The van der Waals surface area contributed by atoms with E-state index in [0.29, 0.717) is 13.2 Å². The molecule has 2 aromatic carbocycles. The number of hydrogen-bond acceptors (Lipinski definition) is 4. The molecule has 0 aliphatic carbocycles. The Kier molecular flexibility index (Phi) is 6.08. The maximum absolute atomic E-state index is 12.4. The molecule has 0 aliphatic heterocycles. The number of ether oxygens (including phenoxy) is 2. The largest absolute Gasteiger partial charge is 0.447 e. The van der Waals surface area contributed by atoms with E-state index < -0.39 is 0 Å². The Labute approximate surface area is 159 Å². The maximum Gasteiger partial charge on any atom is 0.414 e. The number of imidazole rings is 1. The van der Waals surface area contributed by atoms with Gasteiger partial charge in [-0.25, -0.2) is 9.78 Å². The van der Waals surface area contributed by atoms with Crippen LogP contribution in [0.25, 0.3) is 10.8 Å². The molecule has 1 aromatic heterocycles. The first-order chi connectivity index (χ1) is 13.2. The lowest BCUT2D eigenvalue weighted by molar-refractivity contribution is 0.103. The van der Waals surface area contributed by atoms with Crippen LogP contribution in [0.1, 0.15) is 31.0 Å². The quantitative estimate of drug-likeness (QED) is 0.631. The Morgan fingerprint density at radius 1 is 1.26 bits per heavy atom. The second-order valence-corrected chi connectivity index (χ2v) is 6.33. The molecule has 0 aliphatic rings. The summed E-state index contributed by atoms with van der Waals surface area (Å²) in [5.74, 6) is 0.162. The van der Waals surface area contributed by atoms with E-state index in [1.165, 1.54) is 5.56 Å². The highest BCUT2D eigenvalue weighted by atomic mass is 16.6. The average molecular weight is 367 g/mol. The molecular formula is C21H25N3O3. The van der Waals surface area contributed by atoms with E-state index in [9.17, 15) is 4.79 Å². The molecule has 6 nitrogen and oxygen atoms in total. The fourth-order valence-electron chi connectivity index (χ4n) is 3.21. The normalized spacial score (nSPS) is 12.1. The van der Waals surface area contributed by atoms with Gasteiger partial charge in [0.25, 0.3) is 0 Å². The van der Waals surface area contributed by atoms with Gasteiger partial charge in [0.05, 0.1) is 12.9 Å². The molecule has 3 rings (SSSR count).